The van der Waals surface area contributed by atoms with Crippen LogP contribution in [0, 0.1) is 0 Å². The van der Waals surface area contributed by atoms with E-state index in [1.54, 1.807) is 0 Å². The van der Waals surface area contributed by atoms with E-state index in [-0.39, 0.29) is 10.8 Å². The van der Waals surface area contributed by atoms with Crippen molar-refractivity contribution >= 4 is 22.7 Å². The Bertz CT molecular complexity index is 905. The first-order valence-corrected chi connectivity index (χ1v) is 11.2. The standard InChI is InChI=1S/C25H32O2S/c1-7-27-28(26)21-11-8-19(9-12-21)16-18(2)20-10-13-22-23(17-20)25(5,6)15-14-24(22,3)4/h8-13,16-17H,7,14-15H2,1-6H3. The third-order valence-corrected chi connectivity index (χ3v) is 7.10. The number of benzene rings is 2. The maximum atomic E-state index is 11.9. The van der Waals surface area contributed by atoms with Gasteiger partial charge in [-0.25, -0.2) is 4.21 Å². The van der Waals surface area contributed by atoms with Crippen molar-refractivity contribution < 1.29 is 8.39 Å². The zero-order valence-corrected chi connectivity index (χ0v) is 18.8. The summed E-state index contributed by atoms with van der Waals surface area (Å²) in [5, 5.41) is 0. The van der Waals surface area contributed by atoms with Crippen molar-refractivity contribution in [3.63, 3.8) is 0 Å². The Morgan fingerprint density at radius 1 is 1.00 bits per heavy atom. The van der Waals surface area contributed by atoms with E-state index in [0.717, 1.165) is 5.56 Å². The lowest BCUT2D eigenvalue weighted by Crippen LogP contribution is -2.33. The van der Waals surface area contributed by atoms with Gasteiger partial charge in [-0.2, -0.15) is 0 Å². The van der Waals surface area contributed by atoms with Crippen LogP contribution in [0.1, 0.15) is 76.6 Å². The summed E-state index contributed by atoms with van der Waals surface area (Å²) >= 11 is -1.38. The fourth-order valence-corrected chi connectivity index (χ4v) is 4.73. The maximum absolute atomic E-state index is 11.9. The van der Waals surface area contributed by atoms with Crippen LogP contribution in [-0.4, -0.2) is 10.8 Å². The van der Waals surface area contributed by atoms with Gasteiger partial charge in [0.1, 0.15) is 0 Å². The van der Waals surface area contributed by atoms with Gasteiger partial charge in [0.15, 0.2) is 11.1 Å². The van der Waals surface area contributed by atoms with Crippen LogP contribution in [0.2, 0.25) is 0 Å². The summed E-state index contributed by atoms with van der Waals surface area (Å²) in [5.74, 6) is 0. The number of allylic oxidation sites excluding steroid dienone is 1. The Hall–Kier alpha value is -1.71. The molecule has 1 atom stereocenters. The molecule has 28 heavy (non-hydrogen) atoms. The zero-order chi connectivity index (χ0) is 20.5. The monoisotopic (exact) mass is 396 g/mol. The SMILES string of the molecule is CCOS(=O)c1ccc(C=C(C)c2ccc3c(c2)C(C)(C)CCC3(C)C)cc1. The summed E-state index contributed by atoms with van der Waals surface area (Å²) < 4.78 is 17.1. The van der Waals surface area contributed by atoms with E-state index in [1.807, 2.05) is 31.2 Å². The highest BCUT2D eigenvalue weighted by Gasteiger charge is 2.36. The molecule has 3 rings (SSSR count). The number of fused-ring (bicyclic) bond motifs is 1. The quantitative estimate of drug-likeness (QED) is 0.529. The highest BCUT2D eigenvalue weighted by molar-refractivity contribution is 7.80. The van der Waals surface area contributed by atoms with Gasteiger partial charge in [0.2, 0.25) is 0 Å². The third-order valence-electron chi connectivity index (χ3n) is 5.99. The van der Waals surface area contributed by atoms with E-state index in [4.69, 9.17) is 4.18 Å². The van der Waals surface area contributed by atoms with Crippen LogP contribution in [0.3, 0.4) is 0 Å². The van der Waals surface area contributed by atoms with Crippen molar-refractivity contribution in [1.82, 2.24) is 0 Å². The Kier molecular flexibility index (Phi) is 5.97. The molecular formula is C25H32O2S. The molecule has 0 aromatic heterocycles. The lowest BCUT2D eigenvalue weighted by Gasteiger charge is -2.42. The van der Waals surface area contributed by atoms with Gasteiger partial charge in [-0.15, -0.1) is 0 Å². The van der Waals surface area contributed by atoms with Crippen molar-refractivity contribution in [2.75, 3.05) is 6.61 Å². The van der Waals surface area contributed by atoms with Gasteiger partial charge in [0, 0.05) is 0 Å². The molecule has 0 amide bonds. The average Bonchev–Trinajstić information content (AvgIpc) is 2.66. The number of hydrogen-bond acceptors (Lipinski definition) is 2. The predicted octanol–water partition coefficient (Wildman–Crippen LogP) is 6.66. The molecule has 150 valence electrons. The first kappa shape index (κ1) is 21.0. The molecule has 0 saturated heterocycles. The lowest BCUT2D eigenvalue weighted by atomic mass is 9.63. The molecule has 1 aliphatic rings. The summed E-state index contributed by atoms with van der Waals surface area (Å²) in [4.78, 5) is 0.703. The van der Waals surface area contributed by atoms with E-state index < -0.39 is 11.1 Å². The zero-order valence-electron chi connectivity index (χ0n) is 18.0. The van der Waals surface area contributed by atoms with Crippen LogP contribution < -0.4 is 0 Å². The summed E-state index contributed by atoms with van der Waals surface area (Å²) in [7, 11) is 0. The largest absolute Gasteiger partial charge is 0.287 e. The molecule has 0 heterocycles. The second-order valence-electron chi connectivity index (χ2n) is 9.07. The first-order valence-electron chi connectivity index (χ1n) is 10.1. The smallest absolute Gasteiger partial charge is 0.189 e. The number of rotatable bonds is 5. The van der Waals surface area contributed by atoms with E-state index in [1.165, 1.54) is 35.1 Å². The Morgan fingerprint density at radius 2 is 1.61 bits per heavy atom. The third kappa shape index (κ3) is 4.31. The topological polar surface area (TPSA) is 26.3 Å². The van der Waals surface area contributed by atoms with Crippen molar-refractivity contribution in [3.8, 4) is 0 Å². The van der Waals surface area contributed by atoms with Crippen LogP contribution in [0.25, 0.3) is 11.6 Å². The van der Waals surface area contributed by atoms with Crippen molar-refractivity contribution in [1.29, 1.82) is 0 Å². The van der Waals surface area contributed by atoms with Crippen molar-refractivity contribution in [3.05, 3.63) is 64.7 Å². The van der Waals surface area contributed by atoms with E-state index in [0.29, 0.717) is 11.5 Å². The molecule has 1 unspecified atom stereocenters. The highest BCUT2D eigenvalue weighted by atomic mass is 32.2. The molecule has 1 aliphatic carbocycles. The maximum Gasteiger partial charge on any atom is 0.189 e. The van der Waals surface area contributed by atoms with Gasteiger partial charge in [-0.3, -0.25) is 4.18 Å². The van der Waals surface area contributed by atoms with E-state index in [9.17, 15) is 4.21 Å². The van der Waals surface area contributed by atoms with Crippen LogP contribution in [0.5, 0.6) is 0 Å². The molecule has 0 fully saturated rings. The lowest BCUT2D eigenvalue weighted by molar-refractivity contribution is 0.332. The molecule has 0 bridgehead atoms. The molecule has 0 spiro atoms. The summed E-state index contributed by atoms with van der Waals surface area (Å²) in [5.41, 5.74) is 7.04. The van der Waals surface area contributed by atoms with Crippen molar-refractivity contribution in [2.24, 2.45) is 0 Å². The van der Waals surface area contributed by atoms with Crippen LogP contribution in [0.4, 0.5) is 0 Å². The van der Waals surface area contributed by atoms with Crippen molar-refractivity contribution in [2.45, 2.75) is 70.1 Å². The second-order valence-corrected chi connectivity index (χ2v) is 10.2. The fraction of sp³-hybridized carbons (Fsp3) is 0.440. The minimum atomic E-state index is -1.38. The van der Waals surface area contributed by atoms with Crippen LogP contribution in [-0.2, 0) is 26.1 Å². The summed E-state index contributed by atoms with van der Waals surface area (Å²) in [6.07, 6.45) is 4.64. The minimum Gasteiger partial charge on any atom is -0.287 e. The average molecular weight is 397 g/mol. The molecule has 3 heteroatoms. The predicted molar refractivity (Wildman–Crippen MR) is 120 cm³/mol. The van der Waals surface area contributed by atoms with E-state index >= 15 is 0 Å². The summed E-state index contributed by atoms with van der Waals surface area (Å²) in [6.45, 7) is 13.9. The number of hydrogen-bond donors (Lipinski definition) is 0. The van der Waals surface area contributed by atoms with Gasteiger partial charge in [-0.1, -0.05) is 64.1 Å². The summed E-state index contributed by atoms with van der Waals surface area (Å²) in [6, 6.07) is 14.7. The highest BCUT2D eigenvalue weighted by Crippen LogP contribution is 2.46. The first-order chi connectivity index (χ1) is 13.1. The molecule has 0 saturated carbocycles. The Morgan fingerprint density at radius 3 is 2.21 bits per heavy atom. The van der Waals surface area contributed by atoms with E-state index in [2.05, 4.69) is 58.9 Å². The second kappa shape index (κ2) is 7.96. The molecular weight excluding hydrogens is 364 g/mol. The van der Waals surface area contributed by atoms with Gasteiger partial charge in [-0.05, 0) is 77.5 Å². The molecule has 2 nitrogen and oxygen atoms in total. The molecule has 2 aromatic carbocycles. The van der Waals surface area contributed by atoms with Crippen LogP contribution >= 0.6 is 0 Å². The normalized spacial score (nSPS) is 19.1. The molecule has 0 aliphatic heterocycles. The molecule has 0 N–H and O–H groups in total. The Balaban J connectivity index is 1.91. The Labute approximate surface area is 172 Å². The molecule has 0 radical (unpaired) electrons. The van der Waals surface area contributed by atoms with Gasteiger partial charge < -0.3 is 0 Å². The van der Waals surface area contributed by atoms with Gasteiger partial charge in [0.25, 0.3) is 0 Å². The van der Waals surface area contributed by atoms with Gasteiger partial charge >= 0.3 is 0 Å². The fourth-order valence-electron chi connectivity index (χ4n) is 4.02. The minimum absolute atomic E-state index is 0.214. The van der Waals surface area contributed by atoms with Gasteiger partial charge in [0.05, 0.1) is 11.5 Å². The molecule has 2 aromatic rings. The van der Waals surface area contributed by atoms with Crippen LogP contribution in [0.15, 0.2) is 47.4 Å².